The molecule has 0 spiro atoms. The standard InChI is InChI=1S/C20H20N4O3S/c25-20(11-10-17-15-22-18-8-4-5-9-19(18)24-17)21-12-13-28(26,27)23-14-16-6-2-1-3-7-16/h1-11,15,23H,12-14H2,(H,21,25)/b11-10+. The minimum absolute atomic E-state index is 0.0106. The van der Waals surface area contributed by atoms with Crippen molar-refractivity contribution in [1.29, 1.82) is 0 Å². The zero-order valence-electron chi connectivity index (χ0n) is 15.1. The van der Waals surface area contributed by atoms with Crippen molar-refractivity contribution in [2.24, 2.45) is 0 Å². The summed E-state index contributed by atoms with van der Waals surface area (Å²) in [5.74, 6) is -0.594. The van der Waals surface area contributed by atoms with E-state index in [1.165, 1.54) is 12.2 Å². The van der Waals surface area contributed by atoms with Crippen molar-refractivity contribution in [3.63, 3.8) is 0 Å². The van der Waals surface area contributed by atoms with Gasteiger partial charge in [-0.3, -0.25) is 9.78 Å². The summed E-state index contributed by atoms with van der Waals surface area (Å²) in [5.41, 5.74) is 2.93. The van der Waals surface area contributed by atoms with E-state index in [2.05, 4.69) is 20.0 Å². The highest BCUT2D eigenvalue weighted by molar-refractivity contribution is 7.89. The Balaban J connectivity index is 1.46. The topological polar surface area (TPSA) is 101 Å². The Morgan fingerprint density at radius 3 is 2.50 bits per heavy atom. The first-order chi connectivity index (χ1) is 13.5. The molecule has 0 saturated carbocycles. The highest BCUT2D eigenvalue weighted by Crippen LogP contribution is 2.09. The fraction of sp³-hybridized carbons (Fsp3) is 0.150. The minimum atomic E-state index is -3.48. The molecule has 0 fully saturated rings. The van der Waals surface area contributed by atoms with Gasteiger partial charge in [-0.2, -0.15) is 0 Å². The Kier molecular flexibility index (Phi) is 6.46. The molecule has 1 aromatic heterocycles. The smallest absolute Gasteiger partial charge is 0.244 e. The molecule has 2 N–H and O–H groups in total. The maximum absolute atomic E-state index is 12.0. The molecule has 0 atom stereocenters. The predicted molar refractivity (Wildman–Crippen MR) is 109 cm³/mol. The number of sulfonamides is 1. The number of nitrogens with zero attached hydrogens (tertiary/aromatic N) is 2. The lowest BCUT2D eigenvalue weighted by Gasteiger charge is -2.07. The first-order valence-electron chi connectivity index (χ1n) is 8.71. The number of carbonyl (C=O) groups is 1. The van der Waals surface area contributed by atoms with Crippen LogP contribution in [-0.2, 0) is 21.4 Å². The molecule has 144 valence electrons. The molecule has 8 heteroatoms. The van der Waals surface area contributed by atoms with Gasteiger partial charge in [-0.15, -0.1) is 0 Å². The molecular formula is C20H20N4O3S. The molecule has 0 aliphatic heterocycles. The highest BCUT2D eigenvalue weighted by atomic mass is 32.2. The number of aromatic nitrogens is 2. The number of hydrogen-bond acceptors (Lipinski definition) is 5. The highest BCUT2D eigenvalue weighted by Gasteiger charge is 2.10. The number of para-hydroxylation sites is 2. The first-order valence-corrected chi connectivity index (χ1v) is 10.4. The maximum Gasteiger partial charge on any atom is 0.244 e. The van der Waals surface area contributed by atoms with E-state index in [9.17, 15) is 13.2 Å². The van der Waals surface area contributed by atoms with Crippen molar-refractivity contribution < 1.29 is 13.2 Å². The third-order valence-corrected chi connectivity index (χ3v) is 5.21. The van der Waals surface area contributed by atoms with Gasteiger partial charge >= 0.3 is 0 Å². The van der Waals surface area contributed by atoms with Crippen molar-refractivity contribution in [3.8, 4) is 0 Å². The van der Waals surface area contributed by atoms with Gasteiger partial charge in [-0.25, -0.2) is 18.1 Å². The van der Waals surface area contributed by atoms with E-state index in [1.54, 1.807) is 6.20 Å². The number of rotatable bonds is 8. The lowest BCUT2D eigenvalue weighted by Crippen LogP contribution is -2.33. The molecule has 3 rings (SSSR count). The van der Waals surface area contributed by atoms with Gasteiger partial charge in [0, 0.05) is 19.2 Å². The van der Waals surface area contributed by atoms with Gasteiger partial charge in [0.05, 0.1) is 28.7 Å². The lowest BCUT2D eigenvalue weighted by atomic mass is 10.2. The number of nitrogens with one attached hydrogen (secondary N) is 2. The zero-order valence-corrected chi connectivity index (χ0v) is 15.9. The van der Waals surface area contributed by atoms with E-state index in [0.717, 1.165) is 16.6 Å². The molecule has 3 aromatic rings. The van der Waals surface area contributed by atoms with E-state index in [4.69, 9.17) is 0 Å². The van der Waals surface area contributed by atoms with Crippen molar-refractivity contribution in [2.45, 2.75) is 6.54 Å². The third kappa shape index (κ3) is 5.97. The maximum atomic E-state index is 12.0. The Morgan fingerprint density at radius 2 is 1.71 bits per heavy atom. The number of carbonyl (C=O) groups excluding carboxylic acids is 1. The molecular weight excluding hydrogens is 376 g/mol. The molecule has 0 aliphatic rings. The molecule has 0 saturated heterocycles. The van der Waals surface area contributed by atoms with Crippen molar-refractivity contribution >= 4 is 33.0 Å². The summed E-state index contributed by atoms with van der Waals surface area (Å²) in [4.78, 5) is 20.5. The SMILES string of the molecule is O=C(/C=C/c1cnc2ccccc2n1)NCCS(=O)(=O)NCc1ccccc1. The predicted octanol–water partition coefficient (Wildman–Crippen LogP) is 1.88. The molecule has 2 aromatic carbocycles. The van der Waals surface area contributed by atoms with Crippen LogP contribution in [0.15, 0.2) is 66.9 Å². The van der Waals surface area contributed by atoms with E-state index in [0.29, 0.717) is 5.69 Å². The second-order valence-electron chi connectivity index (χ2n) is 6.03. The van der Waals surface area contributed by atoms with Crippen LogP contribution in [0, 0.1) is 0 Å². The summed E-state index contributed by atoms with van der Waals surface area (Å²) in [6, 6.07) is 16.7. The van der Waals surface area contributed by atoms with Gasteiger partial charge in [0.1, 0.15) is 0 Å². The van der Waals surface area contributed by atoms with Gasteiger partial charge in [0.25, 0.3) is 0 Å². The molecule has 0 aliphatic carbocycles. The van der Waals surface area contributed by atoms with Gasteiger partial charge in [0.15, 0.2) is 0 Å². The van der Waals surface area contributed by atoms with E-state index in [-0.39, 0.29) is 18.8 Å². The van der Waals surface area contributed by atoms with Crippen molar-refractivity contribution in [1.82, 2.24) is 20.0 Å². The van der Waals surface area contributed by atoms with E-state index in [1.807, 2.05) is 54.6 Å². The monoisotopic (exact) mass is 396 g/mol. The molecule has 7 nitrogen and oxygen atoms in total. The Bertz CT molecular complexity index is 1080. The van der Waals surface area contributed by atoms with E-state index >= 15 is 0 Å². The van der Waals surface area contributed by atoms with E-state index < -0.39 is 15.9 Å². The Morgan fingerprint density at radius 1 is 1.00 bits per heavy atom. The quantitative estimate of drug-likeness (QED) is 0.566. The van der Waals surface area contributed by atoms with Gasteiger partial charge in [0.2, 0.25) is 15.9 Å². The third-order valence-electron chi connectivity index (χ3n) is 3.88. The number of amides is 1. The molecule has 0 unspecified atom stereocenters. The molecule has 1 heterocycles. The van der Waals surface area contributed by atoms with Crippen molar-refractivity contribution in [2.75, 3.05) is 12.3 Å². The first kappa shape index (κ1) is 19.7. The average molecular weight is 396 g/mol. The Labute approximate surface area is 163 Å². The summed E-state index contributed by atoms with van der Waals surface area (Å²) < 4.78 is 26.5. The van der Waals surface area contributed by atoms with Gasteiger partial charge in [-0.1, -0.05) is 42.5 Å². The van der Waals surface area contributed by atoms with Crippen LogP contribution in [0.4, 0.5) is 0 Å². The number of benzene rings is 2. The summed E-state index contributed by atoms with van der Waals surface area (Å²) in [6.45, 7) is 0.231. The molecule has 0 radical (unpaired) electrons. The second-order valence-corrected chi connectivity index (χ2v) is 7.96. The van der Waals surface area contributed by atoms with Crippen LogP contribution in [0.2, 0.25) is 0 Å². The summed E-state index contributed by atoms with van der Waals surface area (Å²) in [6.07, 6.45) is 4.42. The summed E-state index contributed by atoms with van der Waals surface area (Å²) >= 11 is 0. The van der Waals surface area contributed by atoms with Crippen LogP contribution < -0.4 is 10.0 Å². The normalized spacial score (nSPS) is 11.7. The summed E-state index contributed by atoms with van der Waals surface area (Å²) in [7, 11) is -3.48. The number of fused-ring (bicyclic) bond motifs is 1. The largest absolute Gasteiger partial charge is 0.351 e. The summed E-state index contributed by atoms with van der Waals surface area (Å²) in [5, 5.41) is 2.55. The van der Waals surface area contributed by atoms with Crippen LogP contribution in [0.1, 0.15) is 11.3 Å². The van der Waals surface area contributed by atoms with Crippen LogP contribution in [0.5, 0.6) is 0 Å². The molecule has 28 heavy (non-hydrogen) atoms. The van der Waals surface area contributed by atoms with Gasteiger partial charge < -0.3 is 5.32 Å². The molecule has 0 bridgehead atoms. The second kappa shape index (κ2) is 9.20. The van der Waals surface area contributed by atoms with Crippen LogP contribution in [0.3, 0.4) is 0 Å². The van der Waals surface area contributed by atoms with Crippen molar-refractivity contribution in [3.05, 3.63) is 78.1 Å². The van der Waals surface area contributed by atoms with Gasteiger partial charge in [-0.05, 0) is 23.8 Å². The lowest BCUT2D eigenvalue weighted by molar-refractivity contribution is -0.116. The number of hydrogen-bond donors (Lipinski definition) is 2. The molecule has 1 amide bonds. The fourth-order valence-electron chi connectivity index (χ4n) is 2.44. The average Bonchev–Trinajstić information content (AvgIpc) is 2.71. The minimum Gasteiger partial charge on any atom is -0.351 e. The zero-order chi connectivity index (χ0) is 19.8. The van der Waals surface area contributed by atoms with Crippen LogP contribution >= 0.6 is 0 Å². The Hall–Kier alpha value is -3.10. The van der Waals surface area contributed by atoms with Crippen LogP contribution in [0.25, 0.3) is 17.1 Å². The fourth-order valence-corrected chi connectivity index (χ4v) is 3.34. The van der Waals surface area contributed by atoms with Crippen LogP contribution in [-0.4, -0.2) is 36.6 Å².